The predicted octanol–water partition coefficient (Wildman–Crippen LogP) is 2.45. The van der Waals surface area contributed by atoms with Gasteiger partial charge in [0.15, 0.2) is 0 Å². The van der Waals surface area contributed by atoms with Crippen molar-refractivity contribution in [2.45, 2.75) is 25.4 Å². The quantitative estimate of drug-likeness (QED) is 0.517. The third-order valence-corrected chi connectivity index (χ3v) is 7.58. The van der Waals surface area contributed by atoms with Gasteiger partial charge in [0.05, 0.1) is 12.2 Å². The highest BCUT2D eigenvalue weighted by Crippen LogP contribution is 2.23. The van der Waals surface area contributed by atoms with E-state index in [-0.39, 0.29) is 18.6 Å². The molecular weight excluding hydrogens is 492 g/mol. The number of pyridine rings is 1. The maximum atomic E-state index is 13.1. The lowest BCUT2D eigenvalue weighted by atomic mass is 10.1. The molecule has 10 heteroatoms. The number of piperazine rings is 1. The maximum absolute atomic E-state index is 13.1. The van der Waals surface area contributed by atoms with E-state index in [4.69, 9.17) is 4.98 Å². The van der Waals surface area contributed by atoms with Crippen LogP contribution < -0.4 is 10.2 Å². The highest BCUT2D eigenvalue weighted by molar-refractivity contribution is 5.78. The molecule has 5 aliphatic heterocycles. The second kappa shape index (κ2) is 12.5. The molecular formula is C29H38N8O2. The second-order valence-electron chi connectivity index (χ2n) is 10.5. The number of rotatable bonds is 2. The van der Waals surface area contributed by atoms with E-state index >= 15 is 0 Å². The molecule has 2 aromatic heterocycles. The number of carbonyl (C=O) groups excluding carboxylic acids is 1. The number of amides is 1. The summed E-state index contributed by atoms with van der Waals surface area (Å²) in [6, 6.07) is 14.4. The maximum Gasteiger partial charge on any atom is 0.236 e. The van der Waals surface area contributed by atoms with Crippen LogP contribution in [0.4, 0.5) is 17.5 Å². The number of benzene rings is 1. The van der Waals surface area contributed by atoms with Gasteiger partial charge in [-0.15, -0.1) is 0 Å². The molecule has 7 heterocycles. The lowest BCUT2D eigenvalue weighted by Crippen LogP contribution is -2.55. The molecule has 3 aromatic rings. The van der Waals surface area contributed by atoms with Crippen molar-refractivity contribution < 1.29 is 9.90 Å². The first kappa shape index (κ1) is 27.0. The summed E-state index contributed by atoms with van der Waals surface area (Å²) in [5.41, 5.74) is 3.84. The van der Waals surface area contributed by atoms with Gasteiger partial charge in [0.2, 0.25) is 11.9 Å². The standard InChI is InChI=1S/C29H38N8O2/c1-34-12-4-13-35(2)28(39)21-37-15-14-36(20-25(37)10-16-38)19-22-5-3-6-24(17-22)32-29-30-11-9-26(33-29)23-7-8-27(34)31-18-23/h3,5-9,11,17-18,25,38H,4,10,12-16,19-21H2,1-2H3,(H,30,32,33). The van der Waals surface area contributed by atoms with E-state index in [0.29, 0.717) is 25.5 Å². The number of likely N-dealkylation sites (N-methyl/N-ethyl adjacent to an activating group) is 1. The van der Waals surface area contributed by atoms with Gasteiger partial charge in [0, 0.05) is 89.7 Å². The van der Waals surface area contributed by atoms with Crippen molar-refractivity contribution >= 4 is 23.4 Å². The number of aromatic nitrogens is 3. The highest BCUT2D eigenvalue weighted by atomic mass is 16.3. The molecule has 5 aliphatic rings. The van der Waals surface area contributed by atoms with Crippen LogP contribution in [0.1, 0.15) is 18.4 Å². The average Bonchev–Trinajstić information content (AvgIpc) is 2.94. The van der Waals surface area contributed by atoms with E-state index in [9.17, 15) is 9.90 Å². The van der Waals surface area contributed by atoms with Gasteiger partial charge in [-0.25, -0.2) is 15.0 Å². The van der Waals surface area contributed by atoms with Gasteiger partial charge in [-0.2, -0.15) is 0 Å². The molecule has 3 atom stereocenters. The minimum Gasteiger partial charge on any atom is -0.396 e. The van der Waals surface area contributed by atoms with Crippen LogP contribution in [0, 0.1) is 0 Å². The Kier molecular flexibility index (Phi) is 8.65. The fraction of sp³-hybridized carbons (Fsp3) is 0.448. The van der Waals surface area contributed by atoms with Crippen molar-refractivity contribution in [2.24, 2.45) is 0 Å². The zero-order valence-corrected chi connectivity index (χ0v) is 22.8. The van der Waals surface area contributed by atoms with Crippen LogP contribution in [-0.2, 0) is 11.3 Å². The second-order valence-corrected chi connectivity index (χ2v) is 10.5. The van der Waals surface area contributed by atoms with Gasteiger partial charge in [-0.3, -0.25) is 14.6 Å². The Balaban J connectivity index is 1.41. The van der Waals surface area contributed by atoms with Crippen molar-refractivity contribution in [3.63, 3.8) is 0 Å². The van der Waals surface area contributed by atoms with Crippen LogP contribution in [0.25, 0.3) is 11.3 Å². The third-order valence-electron chi connectivity index (χ3n) is 7.58. The first-order valence-electron chi connectivity index (χ1n) is 13.7. The van der Waals surface area contributed by atoms with Gasteiger partial charge >= 0.3 is 0 Å². The van der Waals surface area contributed by atoms with Crippen molar-refractivity contribution in [1.29, 1.82) is 0 Å². The number of anilines is 3. The average molecular weight is 531 g/mol. The number of hydrogen-bond donors (Lipinski definition) is 2. The molecule has 0 saturated carbocycles. The monoisotopic (exact) mass is 530 g/mol. The van der Waals surface area contributed by atoms with Crippen LogP contribution in [0.3, 0.4) is 0 Å². The molecule has 8 rings (SSSR count). The number of hydrogen-bond acceptors (Lipinski definition) is 9. The fourth-order valence-electron chi connectivity index (χ4n) is 5.29. The Morgan fingerprint density at radius 1 is 1.00 bits per heavy atom. The Morgan fingerprint density at radius 3 is 2.69 bits per heavy atom. The molecule has 10 nitrogen and oxygen atoms in total. The Bertz CT molecular complexity index is 1250. The largest absolute Gasteiger partial charge is 0.396 e. The van der Waals surface area contributed by atoms with Crippen molar-refractivity contribution in [3.8, 4) is 11.3 Å². The van der Waals surface area contributed by atoms with Gasteiger partial charge in [0.1, 0.15) is 5.82 Å². The lowest BCUT2D eigenvalue weighted by molar-refractivity contribution is -0.132. The molecule has 1 fully saturated rings. The summed E-state index contributed by atoms with van der Waals surface area (Å²) in [5.74, 6) is 1.53. The molecule has 2 N–H and O–H groups in total. The van der Waals surface area contributed by atoms with Crippen LogP contribution in [0.15, 0.2) is 54.9 Å². The van der Waals surface area contributed by atoms with E-state index in [0.717, 1.165) is 61.9 Å². The third kappa shape index (κ3) is 6.89. The first-order valence-corrected chi connectivity index (χ1v) is 13.7. The zero-order chi connectivity index (χ0) is 27.2. The van der Waals surface area contributed by atoms with Crippen LogP contribution in [0.5, 0.6) is 0 Å². The molecule has 1 saturated heterocycles. The molecule has 206 valence electrons. The van der Waals surface area contributed by atoms with E-state index in [1.807, 2.05) is 55.5 Å². The van der Waals surface area contributed by atoms with E-state index in [1.165, 1.54) is 5.56 Å². The van der Waals surface area contributed by atoms with Crippen molar-refractivity contribution in [2.75, 3.05) is 70.2 Å². The number of aliphatic hydroxyl groups excluding tert-OH is 1. The molecule has 1 amide bonds. The summed E-state index contributed by atoms with van der Waals surface area (Å²) in [4.78, 5) is 35.5. The molecule has 39 heavy (non-hydrogen) atoms. The Morgan fingerprint density at radius 2 is 1.87 bits per heavy atom. The smallest absolute Gasteiger partial charge is 0.236 e. The highest BCUT2D eigenvalue weighted by Gasteiger charge is 2.29. The van der Waals surface area contributed by atoms with Gasteiger partial charge in [0.25, 0.3) is 0 Å². The SMILES string of the molecule is CN1CCCN(C)c2ccc(cn2)-c2ccnc(n2)Nc2cccc(c2)CN2CCN(CC1=O)C(CCO)C2. The predicted molar refractivity (Wildman–Crippen MR) is 153 cm³/mol. The van der Waals surface area contributed by atoms with E-state index < -0.39 is 0 Å². The van der Waals surface area contributed by atoms with Crippen LogP contribution >= 0.6 is 0 Å². The normalized spacial score (nSPS) is 22.5. The summed E-state index contributed by atoms with van der Waals surface area (Å²) >= 11 is 0. The summed E-state index contributed by atoms with van der Waals surface area (Å²) < 4.78 is 0. The number of aliphatic hydroxyl groups is 1. The molecule has 0 aliphatic carbocycles. The summed E-state index contributed by atoms with van der Waals surface area (Å²) in [5, 5.41) is 13.1. The summed E-state index contributed by atoms with van der Waals surface area (Å²) in [6.45, 7) is 5.24. The lowest BCUT2D eigenvalue weighted by Gasteiger charge is -2.41. The zero-order valence-electron chi connectivity index (χ0n) is 22.8. The van der Waals surface area contributed by atoms with Gasteiger partial charge in [-0.05, 0) is 48.7 Å². The Labute approximate surface area is 230 Å². The number of nitrogens with one attached hydrogen (secondary N) is 1. The molecule has 1 aromatic carbocycles. The molecule has 3 unspecified atom stereocenters. The Hall–Kier alpha value is -3.60. The van der Waals surface area contributed by atoms with Gasteiger partial charge < -0.3 is 20.2 Å². The summed E-state index contributed by atoms with van der Waals surface area (Å²) in [6.07, 6.45) is 5.09. The van der Waals surface area contributed by atoms with Gasteiger partial charge in [-0.1, -0.05) is 12.1 Å². The molecule has 0 radical (unpaired) electrons. The van der Waals surface area contributed by atoms with E-state index in [2.05, 4.69) is 42.1 Å². The minimum absolute atomic E-state index is 0.110. The van der Waals surface area contributed by atoms with Crippen molar-refractivity contribution in [3.05, 3.63) is 60.4 Å². The first-order chi connectivity index (χ1) is 19.0. The van der Waals surface area contributed by atoms with Crippen molar-refractivity contribution in [1.82, 2.24) is 29.7 Å². The minimum atomic E-state index is 0.110. The van der Waals surface area contributed by atoms with Crippen LogP contribution in [0.2, 0.25) is 0 Å². The topological polar surface area (TPSA) is 101 Å². The van der Waals surface area contributed by atoms with E-state index in [1.54, 1.807) is 6.20 Å². The summed E-state index contributed by atoms with van der Waals surface area (Å²) in [7, 11) is 3.90. The molecule has 8 bridgehead atoms. The van der Waals surface area contributed by atoms with Crippen LogP contribution in [-0.4, -0.2) is 107 Å². The molecule has 0 spiro atoms. The fourth-order valence-corrected chi connectivity index (χ4v) is 5.29. The number of carbonyl (C=O) groups is 1. The number of nitrogens with zero attached hydrogens (tertiary/aromatic N) is 7.